The Morgan fingerprint density at radius 3 is 2.42 bits per heavy atom. The summed E-state index contributed by atoms with van der Waals surface area (Å²) in [6.45, 7) is 2.49. The summed E-state index contributed by atoms with van der Waals surface area (Å²) in [6, 6.07) is 8.08. The predicted molar refractivity (Wildman–Crippen MR) is 89.5 cm³/mol. The van der Waals surface area contributed by atoms with Crippen molar-refractivity contribution in [3.05, 3.63) is 35.6 Å². The Labute approximate surface area is 142 Å². The fraction of sp³-hybridized carbons (Fsp3) is 0.579. The number of benzene rings is 1. The molecule has 1 aromatic carbocycles. The van der Waals surface area contributed by atoms with Gasteiger partial charge in [0.15, 0.2) is 0 Å². The van der Waals surface area contributed by atoms with Gasteiger partial charge >= 0.3 is 0 Å². The molecule has 1 aliphatic carbocycles. The maximum Gasteiger partial charge on any atom is 0.225 e. The van der Waals surface area contributed by atoms with E-state index in [0.717, 1.165) is 25.7 Å². The maximum absolute atomic E-state index is 14.0. The summed E-state index contributed by atoms with van der Waals surface area (Å²) in [6.07, 6.45) is 5.56. The molecule has 2 fully saturated rings. The van der Waals surface area contributed by atoms with Crippen LogP contribution in [0.15, 0.2) is 24.3 Å². The molecular weight excluding hydrogens is 305 g/mol. The van der Waals surface area contributed by atoms with Crippen LogP contribution in [-0.4, -0.2) is 41.9 Å². The van der Waals surface area contributed by atoms with Crippen molar-refractivity contribution in [2.24, 2.45) is 5.92 Å². The lowest BCUT2D eigenvalue weighted by atomic mass is 9.88. The lowest BCUT2D eigenvalue weighted by Crippen LogP contribution is -2.51. The van der Waals surface area contributed by atoms with E-state index in [4.69, 9.17) is 0 Å². The molecule has 1 atom stereocenters. The minimum absolute atomic E-state index is 0.184. The van der Waals surface area contributed by atoms with Gasteiger partial charge in [-0.25, -0.2) is 4.39 Å². The van der Waals surface area contributed by atoms with Crippen molar-refractivity contribution in [1.29, 1.82) is 5.26 Å². The molecule has 3 rings (SSSR count). The number of nitrogens with zero attached hydrogens (tertiary/aromatic N) is 3. The number of carbonyl (C=O) groups excluding carboxylic acids is 1. The Kier molecular flexibility index (Phi) is 5.47. The van der Waals surface area contributed by atoms with E-state index in [1.54, 1.807) is 18.2 Å². The van der Waals surface area contributed by atoms with Crippen LogP contribution in [0.5, 0.6) is 0 Å². The van der Waals surface area contributed by atoms with Gasteiger partial charge in [0.25, 0.3) is 0 Å². The lowest BCUT2D eigenvalue weighted by Gasteiger charge is -2.38. The second-order valence-electron chi connectivity index (χ2n) is 6.75. The summed E-state index contributed by atoms with van der Waals surface area (Å²) in [5, 5.41) is 9.50. The monoisotopic (exact) mass is 329 g/mol. The van der Waals surface area contributed by atoms with Crippen LogP contribution in [0.4, 0.5) is 4.39 Å². The van der Waals surface area contributed by atoms with Gasteiger partial charge in [-0.2, -0.15) is 5.26 Å². The Balaban J connectivity index is 1.61. The first-order valence-corrected chi connectivity index (χ1v) is 8.87. The molecule has 0 aromatic heterocycles. The van der Waals surface area contributed by atoms with Crippen LogP contribution in [0.1, 0.15) is 43.7 Å². The minimum atomic E-state index is -0.585. The van der Waals surface area contributed by atoms with E-state index in [1.165, 1.54) is 12.5 Å². The Hall–Kier alpha value is -1.93. The lowest BCUT2D eigenvalue weighted by molar-refractivity contribution is -0.138. The molecule has 5 heteroatoms. The van der Waals surface area contributed by atoms with Gasteiger partial charge in [-0.3, -0.25) is 9.69 Å². The highest BCUT2D eigenvalue weighted by atomic mass is 19.1. The molecule has 24 heavy (non-hydrogen) atoms. The second-order valence-corrected chi connectivity index (χ2v) is 6.75. The van der Waals surface area contributed by atoms with Gasteiger partial charge in [0.1, 0.15) is 11.9 Å². The summed E-state index contributed by atoms with van der Waals surface area (Å²) < 4.78 is 14.0. The molecule has 1 amide bonds. The minimum Gasteiger partial charge on any atom is -0.340 e. The third kappa shape index (κ3) is 3.59. The number of halogens is 1. The van der Waals surface area contributed by atoms with Gasteiger partial charge in [0, 0.05) is 37.7 Å². The van der Waals surface area contributed by atoms with Gasteiger partial charge in [0.05, 0.1) is 6.07 Å². The number of hydrogen-bond donors (Lipinski definition) is 0. The van der Waals surface area contributed by atoms with E-state index < -0.39 is 6.04 Å². The molecule has 2 aliphatic rings. The highest BCUT2D eigenvalue weighted by molar-refractivity contribution is 5.79. The highest BCUT2D eigenvalue weighted by Crippen LogP contribution is 2.27. The normalized spacial score (nSPS) is 21.2. The van der Waals surface area contributed by atoms with Crippen LogP contribution in [0, 0.1) is 23.1 Å². The molecule has 1 saturated carbocycles. The summed E-state index contributed by atoms with van der Waals surface area (Å²) in [5.41, 5.74) is 0.423. The molecule has 1 saturated heterocycles. The number of rotatable bonds is 3. The summed E-state index contributed by atoms with van der Waals surface area (Å²) in [7, 11) is 0. The van der Waals surface area contributed by atoms with Crippen LogP contribution in [0.2, 0.25) is 0 Å². The molecule has 1 unspecified atom stereocenters. The number of amides is 1. The highest BCUT2D eigenvalue weighted by Gasteiger charge is 2.31. The van der Waals surface area contributed by atoms with Crippen molar-refractivity contribution in [3.63, 3.8) is 0 Å². The van der Waals surface area contributed by atoms with E-state index in [0.29, 0.717) is 31.7 Å². The first kappa shape index (κ1) is 16.9. The molecule has 0 N–H and O–H groups in total. The summed E-state index contributed by atoms with van der Waals surface area (Å²) >= 11 is 0. The topological polar surface area (TPSA) is 47.3 Å². The van der Waals surface area contributed by atoms with Crippen LogP contribution in [0.3, 0.4) is 0 Å². The third-order valence-electron chi connectivity index (χ3n) is 5.27. The fourth-order valence-electron chi connectivity index (χ4n) is 3.85. The first-order chi connectivity index (χ1) is 11.7. The van der Waals surface area contributed by atoms with Crippen molar-refractivity contribution in [2.75, 3.05) is 26.2 Å². The Morgan fingerprint density at radius 1 is 1.12 bits per heavy atom. The molecule has 128 valence electrons. The second kappa shape index (κ2) is 7.76. The van der Waals surface area contributed by atoms with Crippen molar-refractivity contribution in [3.8, 4) is 6.07 Å². The van der Waals surface area contributed by atoms with Crippen molar-refractivity contribution in [2.45, 2.75) is 38.1 Å². The predicted octanol–water partition coefficient (Wildman–Crippen LogP) is 3.11. The van der Waals surface area contributed by atoms with Crippen LogP contribution >= 0.6 is 0 Å². The quantitative estimate of drug-likeness (QED) is 0.856. The van der Waals surface area contributed by atoms with E-state index in [-0.39, 0.29) is 17.6 Å². The average molecular weight is 329 g/mol. The van der Waals surface area contributed by atoms with Crippen molar-refractivity contribution < 1.29 is 9.18 Å². The van der Waals surface area contributed by atoms with Crippen LogP contribution in [-0.2, 0) is 4.79 Å². The van der Waals surface area contributed by atoms with E-state index in [1.807, 2.05) is 9.80 Å². The molecule has 1 heterocycles. The smallest absolute Gasteiger partial charge is 0.225 e. The van der Waals surface area contributed by atoms with Crippen LogP contribution in [0.25, 0.3) is 0 Å². The SMILES string of the molecule is N#CC(c1ccccc1F)N1CCN(C(=O)C2CCCCC2)CC1. The van der Waals surface area contributed by atoms with Gasteiger partial charge in [0.2, 0.25) is 5.91 Å². The van der Waals surface area contributed by atoms with Crippen molar-refractivity contribution >= 4 is 5.91 Å². The largest absolute Gasteiger partial charge is 0.340 e. The van der Waals surface area contributed by atoms with Gasteiger partial charge in [-0.1, -0.05) is 37.5 Å². The molecule has 4 nitrogen and oxygen atoms in total. The Bertz CT molecular complexity index is 613. The molecule has 1 aliphatic heterocycles. The third-order valence-corrected chi connectivity index (χ3v) is 5.27. The van der Waals surface area contributed by atoms with Crippen LogP contribution < -0.4 is 0 Å². The van der Waals surface area contributed by atoms with E-state index in [2.05, 4.69) is 6.07 Å². The Morgan fingerprint density at radius 2 is 1.79 bits per heavy atom. The molecule has 0 bridgehead atoms. The first-order valence-electron chi connectivity index (χ1n) is 8.87. The molecule has 0 radical (unpaired) electrons. The van der Waals surface area contributed by atoms with E-state index in [9.17, 15) is 14.4 Å². The summed E-state index contributed by atoms with van der Waals surface area (Å²) in [5.74, 6) is 0.113. The molecule has 0 spiro atoms. The zero-order chi connectivity index (χ0) is 16.9. The number of carbonyl (C=O) groups is 1. The molecule has 1 aromatic rings. The number of nitriles is 1. The van der Waals surface area contributed by atoms with E-state index >= 15 is 0 Å². The molecular formula is C19H24FN3O. The van der Waals surface area contributed by atoms with Gasteiger partial charge in [-0.15, -0.1) is 0 Å². The fourth-order valence-corrected chi connectivity index (χ4v) is 3.85. The summed E-state index contributed by atoms with van der Waals surface area (Å²) in [4.78, 5) is 16.5. The number of hydrogen-bond acceptors (Lipinski definition) is 3. The standard InChI is InChI=1S/C19H24FN3O/c20-17-9-5-4-8-16(17)18(14-21)22-10-12-23(13-11-22)19(24)15-6-2-1-3-7-15/h4-5,8-9,15,18H,1-3,6-7,10-13H2. The van der Waals surface area contributed by atoms with Gasteiger partial charge in [-0.05, 0) is 18.9 Å². The number of piperazine rings is 1. The van der Waals surface area contributed by atoms with Crippen molar-refractivity contribution in [1.82, 2.24) is 9.80 Å². The maximum atomic E-state index is 14.0. The average Bonchev–Trinajstić information content (AvgIpc) is 2.64. The zero-order valence-electron chi connectivity index (χ0n) is 14.0. The van der Waals surface area contributed by atoms with Gasteiger partial charge < -0.3 is 4.90 Å². The zero-order valence-corrected chi connectivity index (χ0v) is 14.0.